The fraction of sp³-hybridized carbons (Fsp3) is 0.440. The summed E-state index contributed by atoms with van der Waals surface area (Å²) in [5.41, 5.74) is 2.03. The standard InChI is InChI=1S/C25H29N3O6/c1-3-32-24(30)28-11-9-25(10-12-28)26-18(16-7-8-20-22(13-16)34-15-33-20)14-19(27-25)17-5-4-6-21(31-2)23(17)29/h4-8,13,19,27,29H,3,9-12,14-15H2,1-2H3. The number of fused-ring (bicyclic) bond motifs is 1. The van der Waals surface area contributed by atoms with Crippen molar-refractivity contribution in [2.45, 2.75) is 37.9 Å². The third kappa shape index (κ3) is 4.11. The minimum atomic E-state index is -0.576. The molecule has 0 saturated carbocycles. The van der Waals surface area contributed by atoms with Gasteiger partial charge in [0.25, 0.3) is 0 Å². The number of methoxy groups -OCH3 is 1. The maximum absolute atomic E-state index is 12.2. The first-order chi connectivity index (χ1) is 16.5. The van der Waals surface area contributed by atoms with Gasteiger partial charge in [-0.25, -0.2) is 4.79 Å². The number of carbonyl (C=O) groups excluding carboxylic acids is 1. The van der Waals surface area contributed by atoms with E-state index in [-0.39, 0.29) is 24.7 Å². The van der Waals surface area contributed by atoms with E-state index in [2.05, 4.69) is 5.32 Å². The van der Waals surface area contributed by atoms with Crippen LogP contribution in [0.5, 0.6) is 23.0 Å². The number of benzene rings is 2. The Morgan fingerprint density at radius 3 is 2.79 bits per heavy atom. The molecule has 3 heterocycles. The van der Waals surface area contributed by atoms with Crippen LogP contribution in [0.25, 0.3) is 0 Å². The van der Waals surface area contributed by atoms with Gasteiger partial charge in [0.1, 0.15) is 5.66 Å². The van der Waals surface area contributed by atoms with Gasteiger partial charge in [-0.15, -0.1) is 0 Å². The lowest BCUT2D eigenvalue weighted by atomic mass is 9.87. The number of ether oxygens (including phenoxy) is 4. The van der Waals surface area contributed by atoms with Crippen LogP contribution < -0.4 is 19.5 Å². The molecule has 0 aliphatic carbocycles. The molecule has 2 N–H and O–H groups in total. The molecule has 34 heavy (non-hydrogen) atoms. The number of hydrogen-bond donors (Lipinski definition) is 2. The van der Waals surface area contributed by atoms with Gasteiger partial charge in [0.15, 0.2) is 23.0 Å². The Morgan fingerprint density at radius 2 is 2.03 bits per heavy atom. The van der Waals surface area contributed by atoms with Crippen LogP contribution in [0.2, 0.25) is 0 Å². The number of carbonyl (C=O) groups is 1. The molecule has 0 aromatic heterocycles. The van der Waals surface area contributed by atoms with Crippen molar-refractivity contribution >= 4 is 11.8 Å². The summed E-state index contributed by atoms with van der Waals surface area (Å²) in [6.07, 6.45) is 1.53. The Hall–Kier alpha value is -3.46. The molecular formula is C25H29N3O6. The van der Waals surface area contributed by atoms with Crippen molar-refractivity contribution in [3.05, 3.63) is 47.5 Å². The van der Waals surface area contributed by atoms with Gasteiger partial charge in [-0.3, -0.25) is 10.3 Å². The van der Waals surface area contributed by atoms with Crippen LogP contribution >= 0.6 is 0 Å². The second-order valence-corrected chi connectivity index (χ2v) is 8.64. The highest BCUT2D eigenvalue weighted by atomic mass is 16.7. The van der Waals surface area contributed by atoms with Crippen molar-refractivity contribution in [3.8, 4) is 23.0 Å². The summed E-state index contributed by atoms with van der Waals surface area (Å²) >= 11 is 0. The lowest BCUT2D eigenvalue weighted by molar-refractivity contribution is 0.0778. The second-order valence-electron chi connectivity index (χ2n) is 8.64. The maximum Gasteiger partial charge on any atom is 0.409 e. The summed E-state index contributed by atoms with van der Waals surface area (Å²) in [6, 6.07) is 11.2. The van der Waals surface area contributed by atoms with Gasteiger partial charge >= 0.3 is 6.09 Å². The Labute approximate surface area is 198 Å². The first-order valence-electron chi connectivity index (χ1n) is 11.6. The van der Waals surface area contributed by atoms with Gasteiger partial charge in [-0.1, -0.05) is 12.1 Å². The van der Waals surface area contributed by atoms with Crippen LogP contribution in [0.1, 0.15) is 43.4 Å². The highest BCUT2D eigenvalue weighted by Crippen LogP contribution is 2.41. The predicted molar refractivity (Wildman–Crippen MR) is 125 cm³/mol. The molecule has 1 spiro atoms. The molecule has 180 valence electrons. The van der Waals surface area contributed by atoms with Gasteiger partial charge in [0.05, 0.1) is 13.7 Å². The first-order valence-corrected chi connectivity index (χ1v) is 11.6. The number of hydrogen-bond acceptors (Lipinski definition) is 8. The Kier molecular flexibility index (Phi) is 5.95. The third-order valence-electron chi connectivity index (χ3n) is 6.64. The molecule has 2 aromatic carbocycles. The number of nitrogens with one attached hydrogen (secondary N) is 1. The Bertz CT molecular complexity index is 1110. The van der Waals surface area contributed by atoms with Crippen LogP contribution in [0.15, 0.2) is 41.4 Å². The monoisotopic (exact) mass is 467 g/mol. The summed E-state index contributed by atoms with van der Waals surface area (Å²) in [6.45, 7) is 3.42. The van der Waals surface area contributed by atoms with E-state index >= 15 is 0 Å². The van der Waals surface area contributed by atoms with E-state index < -0.39 is 5.66 Å². The fourth-order valence-electron chi connectivity index (χ4n) is 4.87. The van der Waals surface area contributed by atoms with E-state index in [0.29, 0.717) is 50.5 Å². The number of piperidine rings is 1. The largest absolute Gasteiger partial charge is 0.504 e. The van der Waals surface area contributed by atoms with Crippen molar-refractivity contribution in [2.75, 3.05) is 33.6 Å². The normalized spacial score (nSPS) is 20.7. The number of aromatic hydroxyl groups is 1. The van der Waals surface area contributed by atoms with Gasteiger partial charge in [-0.2, -0.15) is 0 Å². The second kappa shape index (κ2) is 9.06. The van der Waals surface area contributed by atoms with Crippen LogP contribution in [0.3, 0.4) is 0 Å². The quantitative estimate of drug-likeness (QED) is 0.708. The molecule has 1 atom stereocenters. The topological polar surface area (TPSA) is 102 Å². The number of phenols is 1. The molecule has 5 rings (SSSR count). The average Bonchev–Trinajstić information content (AvgIpc) is 3.32. The predicted octanol–water partition coefficient (Wildman–Crippen LogP) is 3.60. The van der Waals surface area contributed by atoms with Gasteiger partial charge in [0, 0.05) is 49.7 Å². The highest BCUT2D eigenvalue weighted by Gasteiger charge is 2.42. The van der Waals surface area contributed by atoms with E-state index in [1.54, 1.807) is 25.0 Å². The number of rotatable bonds is 4. The van der Waals surface area contributed by atoms with Crippen LogP contribution in [-0.2, 0) is 4.74 Å². The minimum Gasteiger partial charge on any atom is -0.504 e. The van der Waals surface area contributed by atoms with Crippen molar-refractivity contribution in [2.24, 2.45) is 4.99 Å². The molecule has 3 aliphatic rings. The summed E-state index contributed by atoms with van der Waals surface area (Å²) in [4.78, 5) is 19.1. The number of phenolic OH excluding ortho intramolecular Hbond substituents is 1. The van der Waals surface area contributed by atoms with Crippen LogP contribution in [0.4, 0.5) is 4.79 Å². The Balaban J connectivity index is 1.49. The van der Waals surface area contributed by atoms with Gasteiger partial charge in [0.2, 0.25) is 6.79 Å². The highest BCUT2D eigenvalue weighted by molar-refractivity contribution is 6.02. The van der Waals surface area contributed by atoms with Crippen molar-refractivity contribution in [1.82, 2.24) is 10.2 Å². The summed E-state index contributed by atoms with van der Waals surface area (Å²) < 4.78 is 21.6. The zero-order valence-electron chi connectivity index (χ0n) is 19.4. The molecule has 1 saturated heterocycles. The first kappa shape index (κ1) is 22.3. The summed E-state index contributed by atoms with van der Waals surface area (Å²) in [5.74, 6) is 1.97. The van der Waals surface area contributed by atoms with Crippen LogP contribution in [-0.4, -0.2) is 61.1 Å². The maximum atomic E-state index is 12.2. The van der Waals surface area contributed by atoms with E-state index in [9.17, 15) is 9.90 Å². The molecule has 9 nitrogen and oxygen atoms in total. The molecule has 9 heteroatoms. The van der Waals surface area contributed by atoms with Gasteiger partial charge in [-0.05, 0) is 36.8 Å². The smallest absolute Gasteiger partial charge is 0.409 e. The minimum absolute atomic E-state index is 0.119. The molecule has 3 aliphatic heterocycles. The molecule has 2 aromatic rings. The summed E-state index contributed by atoms with van der Waals surface area (Å²) in [5, 5.41) is 14.6. The van der Waals surface area contributed by atoms with Crippen molar-refractivity contribution in [1.29, 1.82) is 0 Å². The average molecular weight is 468 g/mol. The Morgan fingerprint density at radius 1 is 1.24 bits per heavy atom. The number of aliphatic imine (C=N–C) groups is 1. The van der Waals surface area contributed by atoms with E-state index in [1.807, 2.05) is 30.3 Å². The zero-order chi connectivity index (χ0) is 23.7. The molecule has 0 radical (unpaired) electrons. The SMILES string of the molecule is CCOC(=O)N1CCC2(CC1)N=C(c1ccc3c(c1)OCO3)CC(c1cccc(OC)c1O)N2. The van der Waals surface area contributed by atoms with Crippen molar-refractivity contribution in [3.63, 3.8) is 0 Å². The van der Waals surface area contributed by atoms with E-state index in [1.165, 1.54) is 0 Å². The third-order valence-corrected chi connectivity index (χ3v) is 6.64. The van der Waals surface area contributed by atoms with E-state index in [4.69, 9.17) is 23.9 Å². The van der Waals surface area contributed by atoms with Crippen molar-refractivity contribution < 1.29 is 28.8 Å². The lowest BCUT2D eigenvalue weighted by Crippen LogP contribution is -2.56. The molecule has 1 fully saturated rings. The number of para-hydroxylation sites is 1. The fourth-order valence-corrected chi connectivity index (χ4v) is 4.87. The molecule has 1 amide bonds. The van der Waals surface area contributed by atoms with Crippen LogP contribution in [0, 0.1) is 0 Å². The number of likely N-dealkylation sites (tertiary alicyclic amines) is 1. The molecule has 0 bridgehead atoms. The zero-order valence-corrected chi connectivity index (χ0v) is 19.4. The number of nitrogens with zero attached hydrogens (tertiary/aromatic N) is 2. The lowest BCUT2D eigenvalue weighted by Gasteiger charge is -2.45. The molecule has 1 unspecified atom stereocenters. The number of amides is 1. The van der Waals surface area contributed by atoms with Gasteiger partial charge < -0.3 is 29.0 Å². The van der Waals surface area contributed by atoms with E-state index in [0.717, 1.165) is 22.6 Å². The molecular weight excluding hydrogens is 438 g/mol. The summed E-state index contributed by atoms with van der Waals surface area (Å²) in [7, 11) is 1.54.